The molecule has 2 aromatic heterocycles. The van der Waals surface area contributed by atoms with Gasteiger partial charge >= 0.3 is 0 Å². The van der Waals surface area contributed by atoms with Crippen molar-refractivity contribution in [3.05, 3.63) is 30.6 Å². The van der Waals surface area contributed by atoms with Gasteiger partial charge in [-0.3, -0.25) is 4.98 Å². The Kier molecular flexibility index (Phi) is 6.39. The zero-order valence-electron chi connectivity index (χ0n) is 15.7. The smallest absolute Gasteiger partial charge is 0.224 e. The Labute approximate surface area is 155 Å². The Hall–Kier alpha value is -2.21. The average molecular weight is 355 g/mol. The van der Waals surface area contributed by atoms with E-state index in [1.807, 2.05) is 24.4 Å². The normalized spacial score (nSPS) is 21.2. The first-order chi connectivity index (χ1) is 12.7. The van der Waals surface area contributed by atoms with Crippen molar-refractivity contribution in [2.24, 2.45) is 0 Å². The van der Waals surface area contributed by atoms with Crippen LogP contribution >= 0.6 is 0 Å². The average Bonchev–Trinajstić information content (AvgIpc) is 2.65. The second-order valence-electron chi connectivity index (χ2n) is 7.15. The highest BCUT2D eigenvalue weighted by Crippen LogP contribution is 2.28. The predicted octanol–water partition coefficient (Wildman–Crippen LogP) is 3.85. The van der Waals surface area contributed by atoms with Crippen LogP contribution in [0.25, 0.3) is 11.3 Å². The van der Waals surface area contributed by atoms with Gasteiger partial charge in [-0.05, 0) is 51.2 Å². The molecule has 0 radical (unpaired) electrons. The van der Waals surface area contributed by atoms with E-state index in [0.29, 0.717) is 18.0 Å². The summed E-state index contributed by atoms with van der Waals surface area (Å²) in [5.74, 6) is 1.45. The topological polar surface area (TPSA) is 83.0 Å². The fraction of sp³-hybridized carbons (Fsp3) is 0.550. The van der Waals surface area contributed by atoms with Crippen molar-refractivity contribution in [3.8, 4) is 11.3 Å². The fourth-order valence-electron chi connectivity index (χ4n) is 3.41. The molecule has 3 rings (SSSR count). The van der Waals surface area contributed by atoms with Crippen molar-refractivity contribution >= 4 is 11.8 Å². The summed E-state index contributed by atoms with van der Waals surface area (Å²) in [4.78, 5) is 13.7. The molecule has 0 amide bonds. The molecule has 3 N–H and O–H groups in total. The number of nitrogens with one attached hydrogen (secondary N) is 2. The molecule has 0 bridgehead atoms. The van der Waals surface area contributed by atoms with Crippen molar-refractivity contribution in [2.75, 3.05) is 10.6 Å². The van der Waals surface area contributed by atoms with Crippen molar-refractivity contribution in [2.45, 2.75) is 70.6 Å². The van der Waals surface area contributed by atoms with Gasteiger partial charge in [-0.1, -0.05) is 19.4 Å². The summed E-state index contributed by atoms with van der Waals surface area (Å²) in [6, 6.07) is 6.50. The van der Waals surface area contributed by atoms with Crippen LogP contribution in [0, 0.1) is 0 Å². The minimum Gasteiger partial charge on any atom is -0.393 e. The zero-order chi connectivity index (χ0) is 18.4. The third kappa shape index (κ3) is 4.91. The van der Waals surface area contributed by atoms with Gasteiger partial charge in [-0.2, -0.15) is 4.98 Å². The van der Waals surface area contributed by atoms with Gasteiger partial charge in [0.2, 0.25) is 5.95 Å². The maximum Gasteiger partial charge on any atom is 0.224 e. The third-order valence-corrected chi connectivity index (χ3v) is 4.86. The van der Waals surface area contributed by atoms with E-state index in [1.54, 1.807) is 6.20 Å². The molecule has 1 fully saturated rings. The quantitative estimate of drug-likeness (QED) is 0.700. The van der Waals surface area contributed by atoms with E-state index in [9.17, 15) is 5.11 Å². The number of pyridine rings is 1. The summed E-state index contributed by atoms with van der Waals surface area (Å²) in [5.41, 5.74) is 1.77. The summed E-state index contributed by atoms with van der Waals surface area (Å²) in [6.07, 6.45) is 9.22. The minimum absolute atomic E-state index is 0.166. The molecule has 2 heterocycles. The van der Waals surface area contributed by atoms with Crippen LogP contribution in [0.15, 0.2) is 30.6 Å². The number of hydrogen-bond acceptors (Lipinski definition) is 6. The van der Waals surface area contributed by atoms with Gasteiger partial charge in [0.1, 0.15) is 5.82 Å². The highest BCUT2D eigenvalue weighted by Gasteiger charge is 2.21. The van der Waals surface area contributed by atoms with Crippen molar-refractivity contribution < 1.29 is 5.11 Å². The molecule has 2 aromatic rings. The number of hydrogen-bond donors (Lipinski definition) is 3. The molecular weight excluding hydrogens is 326 g/mol. The van der Waals surface area contributed by atoms with Crippen molar-refractivity contribution in [1.82, 2.24) is 15.0 Å². The molecule has 0 saturated heterocycles. The van der Waals surface area contributed by atoms with Crippen LogP contribution < -0.4 is 10.6 Å². The number of nitrogens with zero attached hydrogens (tertiary/aromatic N) is 3. The molecule has 6 heteroatoms. The lowest BCUT2D eigenvalue weighted by atomic mass is 9.93. The summed E-state index contributed by atoms with van der Waals surface area (Å²) in [6.45, 7) is 4.32. The van der Waals surface area contributed by atoms with E-state index >= 15 is 0 Å². The minimum atomic E-state index is -0.166. The molecule has 140 valence electrons. The van der Waals surface area contributed by atoms with E-state index in [4.69, 9.17) is 4.98 Å². The maximum absolute atomic E-state index is 9.75. The van der Waals surface area contributed by atoms with Crippen LogP contribution in [0.2, 0.25) is 0 Å². The van der Waals surface area contributed by atoms with Crippen molar-refractivity contribution in [1.29, 1.82) is 0 Å². The van der Waals surface area contributed by atoms with Crippen LogP contribution in [-0.2, 0) is 0 Å². The number of aliphatic hydroxyl groups is 1. The van der Waals surface area contributed by atoms with Crippen LogP contribution in [0.5, 0.6) is 0 Å². The second-order valence-corrected chi connectivity index (χ2v) is 7.15. The molecule has 0 aliphatic heterocycles. The first-order valence-corrected chi connectivity index (χ1v) is 9.65. The molecule has 1 atom stereocenters. The lowest BCUT2D eigenvalue weighted by Gasteiger charge is -2.27. The molecular formula is C20H29N5O. The third-order valence-electron chi connectivity index (χ3n) is 4.86. The Morgan fingerprint density at radius 2 is 2.00 bits per heavy atom. The Bertz CT molecular complexity index is 686. The van der Waals surface area contributed by atoms with Crippen LogP contribution in [0.4, 0.5) is 11.8 Å². The fourth-order valence-corrected chi connectivity index (χ4v) is 3.41. The van der Waals surface area contributed by atoms with Crippen LogP contribution in [0.1, 0.15) is 52.4 Å². The van der Waals surface area contributed by atoms with Gasteiger partial charge in [0.15, 0.2) is 0 Å². The molecule has 1 unspecified atom stereocenters. The monoisotopic (exact) mass is 355 g/mol. The molecule has 0 aromatic carbocycles. The first-order valence-electron chi connectivity index (χ1n) is 9.65. The van der Waals surface area contributed by atoms with Gasteiger partial charge in [0.05, 0.1) is 17.4 Å². The summed E-state index contributed by atoms with van der Waals surface area (Å²) in [5, 5.41) is 16.7. The van der Waals surface area contributed by atoms with Crippen molar-refractivity contribution in [3.63, 3.8) is 0 Å². The van der Waals surface area contributed by atoms with Gasteiger partial charge < -0.3 is 15.7 Å². The Morgan fingerprint density at radius 1 is 1.19 bits per heavy atom. The summed E-state index contributed by atoms with van der Waals surface area (Å²) >= 11 is 0. The standard InChI is InChI=1S/C20H29N5O/c1-3-6-14(2)23-20-22-13-17(18-7-4-5-12-21-18)19(25-20)24-15-8-10-16(26)11-9-15/h4-5,7,12-16,26H,3,6,8-11H2,1-2H3,(H2,22,23,24,25)/t14?,15-,16-. The van der Waals surface area contributed by atoms with E-state index < -0.39 is 0 Å². The molecule has 1 aliphatic rings. The summed E-state index contributed by atoms with van der Waals surface area (Å²) < 4.78 is 0. The van der Waals surface area contributed by atoms with Gasteiger partial charge in [0.25, 0.3) is 0 Å². The number of aromatic nitrogens is 3. The molecule has 1 aliphatic carbocycles. The van der Waals surface area contributed by atoms with E-state index in [0.717, 1.165) is 55.6 Å². The van der Waals surface area contributed by atoms with Crippen LogP contribution in [-0.4, -0.2) is 38.2 Å². The van der Waals surface area contributed by atoms with Gasteiger partial charge in [-0.15, -0.1) is 0 Å². The molecule has 6 nitrogen and oxygen atoms in total. The number of anilines is 2. The molecule has 1 saturated carbocycles. The van der Waals surface area contributed by atoms with Gasteiger partial charge in [0, 0.05) is 24.5 Å². The predicted molar refractivity (Wildman–Crippen MR) is 105 cm³/mol. The van der Waals surface area contributed by atoms with Crippen LogP contribution in [0.3, 0.4) is 0 Å². The van der Waals surface area contributed by atoms with E-state index in [1.165, 1.54) is 0 Å². The lowest BCUT2D eigenvalue weighted by Crippen LogP contribution is -2.29. The maximum atomic E-state index is 9.75. The Balaban J connectivity index is 1.83. The largest absolute Gasteiger partial charge is 0.393 e. The molecule has 26 heavy (non-hydrogen) atoms. The highest BCUT2D eigenvalue weighted by molar-refractivity contribution is 5.72. The van der Waals surface area contributed by atoms with E-state index in [-0.39, 0.29) is 6.10 Å². The van der Waals surface area contributed by atoms with Gasteiger partial charge in [-0.25, -0.2) is 4.98 Å². The Morgan fingerprint density at radius 3 is 2.69 bits per heavy atom. The molecule has 0 spiro atoms. The first kappa shape index (κ1) is 18.6. The SMILES string of the molecule is CCCC(C)Nc1ncc(-c2ccccn2)c(N[C@H]2CC[C@H](O)CC2)n1. The summed E-state index contributed by atoms with van der Waals surface area (Å²) in [7, 11) is 0. The highest BCUT2D eigenvalue weighted by atomic mass is 16.3. The lowest BCUT2D eigenvalue weighted by molar-refractivity contribution is 0.126. The number of rotatable bonds is 7. The number of aliphatic hydroxyl groups excluding tert-OH is 1. The second kappa shape index (κ2) is 8.94. The zero-order valence-corrected chi connectivity index (χ0v) is 15.7. The van der Waals surface area contributed by atoms with E-state index in [2.05, 4.69) is 34.4 Å².